The zero-order chi connectivity index (χ0) is 14.1. The molecule has 5 rings (SSSR count). The fourth-order valence-electron chi connectivity index (χ4n) is 5.46. The predicted molar refractivity (Wildman–Crippen MR) is 83.9 cm³/mol. The SMILES string of the molecule is CC(NC1C2C3CCC(C3)C12)c1nc2ccccc2n1C. The highest BCUT2D eigenvalue weighted by molar-refractivity contribution is 5.75. The Morgan fingerprint density at radius 1 is 1.19 bits per heavy atom. The van der Waals surface area contributed by atoms with Gasteiger partial charge in [0.1, 0.15) is 5.82 Å². The van der Waals surface area contributed by atoms with E-state index in [1.807, 2.05) is 0 Å². The standard InChI is InChI=1S/C18H23N3/c1-10(18-20-13-5-3-4-6-14(13)21(18)2)19-17-15-11-7-8-12(9-11)16(15)17/h3-6,10-12,15-17,19H,7-9H2,1-2H3. The van der Waals surface area contributed by atoms with Crippen molar-refractivity contribution in [2.45, 2.75) is 38.3 Å². The molecular weight excluding hydrogens is 258 g/mol. The quantitative estimate of drug-likeness (QED) is 0.936. The van der Waals surface area contributed by atoms with Crippen LogP contribution in [0.15, 0.2) is 24.3 Å². The molecule has 5 atom stereocenters. The smallest absolute Gasteiger partial charge is 0.126 e. The number of nitrogens with zero attached hydrogens (tertiary/aromatic N) is 2. The molecule has 5 unspecified atom stereocenters. The Balaban J connectivity index is 1.39. The molecule has 3 fully saturated rings. The number of hydrogen-bond acceptors (Lipinski definition) is 2. The van der Waals surface area contributed by atoms with E-state index in [4.69, 9.17) is 4.98 Å². The number of para-hydroxylation sites is 2. The average Bonchev–Trinajstić information content (AvgIpc) is 2.84. The first kappa shape index (κ1) is 12.2. The minimum atomic E-state index is 0.345. The zero-order valence-corrected chi connectivity index (χ0v) is 12.8. The molecule has 0 spiro atoms. The lowest BCUT2D eigenvalue weighted by molar-refractivity contribution is 0.422. The zero-order valence-electron chi connectivity index (χ0n) is 12.8. The summed E-state index contributed by atoms with van der Waals surface area (Å²) in [4.78, 5) is 4.84. The van der Waals surface area contributed by atoms with Crippen LogP contribution in [-0.2, 0) is 7.05 Å². The summed E-state index contributed by atoms with van der Waals surface area (Å²) in [5, 5.41) is 3.89. The second-order valence-corrected chi connectivity index (χ2v) is 7.42. The van der Waals surface area contributed by atoms with Crippen molar-refractivity contribution < 1.29 is 0 Å². The third kappa shape index (κ3) is 1.61. The lowest BCUT2D eigenvalue weighted by atomic mass is 10.0. The molecule has 3 saturated carbocycles. The van der Waals surface area contributed by atoms with Crippen LogP contribution in [0.25, 0.3) is 11.0 Å². The van der Waals surface area contributed by atoms with E-state index in [0.717, 1.165) is 35.2 Å². The molecule has 1 aromatic carbocycles. The van der Waals surface area contributed by atoms with Gasteiger partial charge in [0, 0.05) is 13.1 Å². The van der Waals surface area contributed by atoms with E-state index < -0.39 is 0 Å². The molecule has 3 nitrogen and oxygen atoms in total. The topological polar surface area (TPSA) is 29.9 Å². The molecule has 0 radical (unpaired) electrons. The summed E-state index contributed by atoms with van der Waals surface area (Å²) < 4.78 is 2.25. The van der Waals surface area contributed by atoms with Crippen molar-refractivity contribution in [2.24, 2.45) is 30.7 Å². The summed E-state index contributed by atoms with van der Waals surface area (Å²) in [6.45, 7) is 2.27. The van der Waals surface area contributed by atoms with Crippen LogP contribution in [-0.4, -0.2) is 15.6 Å². The van der Waals surface area contributed by atoms with Crippen molar-refractivity contribution in [3.63, 3.8) is 0 Å². The maximum atomic E-state index is 4.84. The monoisotopic (exact) mass is 281 g/mol. The Hall–Kier alpha value is -1.35. The van der Waals surface area contributed by atoms with Gasteiger partial charge in [-0.05, 0) is 62.0 Å². The number of rotatable bonds is 3. The molecule has 0 aliphatic heterocycles. The molecule has 110 valence electrons. The molecule has 1 heterocycles. The second kappa shape index (κ2) is 4.10. The van der Waals surface area contributed by atoms with Gasteiger partial charge >= 0.3 is 0 Å². The minimum absolute atomic E-state index is 0.345. The molecule has 1 N–H and O–H groups in total. The fourth-order valence-corrected chi connectivity index (χ4v) is 5.46. The maximum absolute atomic E-state index is 4.84. The van der Waals surface area contributed by atoms with Crippen molar-refractivity contribution in [1.29, 1.82) is 0 Å². The van der Waals surface area contributed by atoms with Crippen LogP contribution in [0.1, 0.15) is 38.1 Å². The number of aromatic nitrogens is 2. The summed E-state index contributed by atoms with van der Waals surface area (Å²) in [6, 6.07) is 9.54. The Morgan fingerprint density at radius 2 is 1.90 bits per heavy atom. The molecular formula is C18H23N3. The summed E-state index contributed by atoms with van der Waals surface area (Å²) >= 11 is 0. The lowest BCUT2D eigenvalue weighted by Crippen LogP contribution is -2.27. The molecule has 2 aromatic rings. The molecule has 2 bridgehead atoms. The average molecular weight is 281 g/mol. The van der Waals surface area contributed by atoms with Crippen LogP contribution in [0.5, 0.6) is 0 Å². The van der Waals surface area contributed by atoms with Crippen molar-refractivity contribution in [3.05, 3.63) is 30.1 Å². The summed E-state index contributed by atoms with van der Waals surface area (Å²) in [5.74, 6) is 5.21. The van der Waals surface area contributed by atoms with Crippen LogP contribution < -0.4 is 5.32 Å². The third-order valence-corrected chi connectivity index (χ3v) is 6.39. The molecule has 1 aromatic heterocycles. The van der Waals surface area contributed by atoms with Crippen LogP contribution >= 0.6 is 0 Å². The van der Waals surface area contributed by atoms with Crippen LogP contribution in [0.3, 0.4) is 0 Å². The van der Waals surface area contributed by atoms with Crippen molar-refractivity contribution in [1.82, 2.24) is 14.9 Å². The second-order valence-electron chi connectivity index (χ2n) is 7.42. The molecule has 0 saturated heterocycles. The number of imidazole rings is 1. The minimum Gasteiger partial charge on any atom is -0.330 e. The van der Waals surface area contributed by atoms with Crippen molar-refractivity contribution in [3.8, 4) is 0 Å². The highest BCUT2D eigenvalue weighted by Crippen LogP contribution is 2.65. The van der Waals surface area contributed by atoms with Gasteiger partial charge in [0.05, 0.1) is 17.1 Å². The van der Waals surface area contributed by atoms with Gasteiger partial charge < -0.3 is 9.88 Å². The highest BCUT2D eigenvalue weighted by Gasteiger charge is 2.64. The number of benzene rings is 1. The van der Waals surface area contributed by atoms with E-state index in [1.165, 1.54) is 30.6 Å². The first-order chi connectivity index (χ1) is 10.2. The normalized spacial score (nSPS) is 37.9. The predicted octanol–water partition coefficient (Wildman–Crippen LogP) is 3.27. The van der Waals surface area contributed by atoms with Crippen LogP contribution in [0.2, 0.25) is 0 Å². The van der Waals surface area contributed by atoms with Gasteiger partial charge in [-0.3, -0.25) is 0 Å². The van der Waals surface area contributed by atoms with Gasteiger partial charge in [-0.2, -0.15) is 0 Å². The summed E-state index contributed by atoms with van der Waals surface area (Å²) in [5.41, 5.74) is 2.34. The summed E-state index contributed by atoms with van der Waals surface area (Å²) in [7, 11) is 2.14. The van der Waals surface area contributed by atoms with Gasteiger partial charge in [0.25, 0.3) is 0 Å². The molecule has 0 amide bonds. The van der Waals surface area contributed by atoms with Gasteiger partial charge in [-0.15, -0.1) is 0 Å². The Bertz CT molecular complexity index is 688. The van der Waals surface area contributed by atoms with Crippen molar-refractivity contribution >= 4 is 11.0 Å². The van der Waals surface area contributed by atoms with Gasteiger partial charge in [-0.1, -0.05) is 12.1 Å². The molecule has 3 aliphatic rings. The van der Waals surface area contributed by atoms with E-state index in [1.54, 1.807) is 0 Å². The Morgan fingerprint density at radius 3 is 2.62 bits per heavy atom. The molecule has 3 heteroatoms. The van der Waals surface area contributed by atoms with Gasteiger partial charge in [-0.25, -0.2) is 4.98 Å². The number of hydrogen-bond donors (Lipinski definition) is 1. The summed E-state index contributed by atoms with van der Waals surface area (Å²) in [6.07, 6.45) is 4.50. The largest absolute Gasteiger partial charge is 0.330 e. The number of aryl methyl sites for hydroxylation is 1. The van der Waals surface area contributed by atoms with Crippen molar-refractivity contribution in [2.75, 3.05) is 0 Å². The van der Waals surface area contributed by atoms with E-state index in [9.17, 15) is 0 Å². The third-order valence-electron chi connectivity index (χ3n) is 6.39. The number of nitrogens with one attached hydrogen (secondary N) is 1. The number of fused-ring (bicyclic) bond motifs is 6. The van der Waals surface area contributed by atoms with Gasteiger partial charge in [0.2, 0.25) is 0 Å². The highest BCUT2D eigenvalue weighted by atomic mass is 15.1. The molecule has 3 aliphatic carbocycles. The van der Waals surface area contributed by atoms with E-state index in [2.05, 4.69) is 48.1 Å². The maximum Gasteiger partial charge on any atom is 0.126 e. The van der Waals surface area contributed by atoms with Crippen LogP contribution in [0, 0.1) is 23.7 Å². The molecule has 21 heavy (non-hydrogen) atoms. The van der Waals surface area contributed by atoms with Crippen LogP contribution in [0.4, 0.5) is 0 Å². The van der Waals surface area contributed by atoms with E-state index in [0.29, 0.717) is 6.04 Å². The Labute approximate surface area is 125 Å². The first-order valence-corrected chi connectivity index (χ1v) is 8.41. The van der Waals surface area contributed by atoms with Gasteiger partial charge in [0.15, 0.2) is 0 Å². The first-order valence-electron chi connectivity index (χ1n) is 8.41. The van der Waals surface area contributed by atoms with E-state index in [-0.39, 0.29) is 0 Å². The van der Waals surface area contributed by atoms with E-state index >= 15 is 0 Å². The fraction of sp³-hybridized carbons (Fsp3) is 0.611. The lowest BCUT2D eigenvalue weighted by Gasteiger charge is -2.17. The Kier molecular flexibility index (Phi) is 2.38.